The number of hydrogen-bond acceptors (Lipinski definition) is 3. The van der Waals surface area contributed by atoms with Crippen molar-refractivity contribution in [2.24, 2.45) is 0 Å². The average Bonchev–Trinajstić information content (AvgIpc) is 3.31. The maximum atomic E-state index is 12.5. The van der Waals surface area contributed by atoms with Crippen molar-refractivity contribution in [2.45, 2.75) is 32.1 Å². The largest absolute Gasteiger partial charge is 0.339 e. The molecule has 0 saturated carbocycles. The molecule has 0 bridgehead atoms. The van der Waals surface area contributed by atoms with Gasteiger partial charge in [-0.3, -0.25) is 9.59 Å². The Morgan fingerprint density at radius 2 is 1.88 bits per heavy atom. The molecule has 0 radical (unpaired) electrons. The van der Waals surface area contributed by atoms with Gasteiger partial charge in [0.2, 0.25) is 0 Å². The molecular weight excluding hydrogens is 320 g/mol. The highest BCUT2D eigenvalue weighted by Gasteiger charge is 2.21. The fraction of sp³-hybridized carbons (Fsp3) is 0.368. The van der Waals surface area contributed by atoms with E-state index in [1.807, 2.05) is 29.2 Å². The minimum absolute atomic E-state index is 0.0544. The number of carbonyl (C=O) groups is 2. The van der Waals surface area contributed by atoms with E-state index in [9.17, 15) is 9.59 Å². The molecular formula is C19H20N2O2S. The molecule has 1 aliphatic heterocycles. The van der Waals surface area contributed by atoms with Gasteiger partial charge in [-0.1, -0.05) is 6.07 Å². The topological polar surface area (TPSA) is 49.4 Å². The molecule has 2 aliphatic rings. The normalized spacial score (nSPS) is 16.2. The van der Waals surface area contributed by atoms with Crippen molar-refractivity contribution in [2.75, 3.05) is 18.4 Å². The lowest BCUT2D eigenvalue weighted by Crippen LogP contribution is -2.27. The molecule has 0 atom stereocenters. The molecule has 1 N–H and O–H groups in total. The van der Waals surface area contributed by atoms with Crippen LogP contribution in [-0.2, 0) is 12.8 Å². The molecule has 2 heterocycles. The van der Waals surface area contributed by atoms with Crippen LogP contribution in [-0.4, -0.2) is 29.8 Å². The van der Waals surface area contributed by atoms with Gasteiger partial charge in [0.25, 0.3) is 11.8 Å². The summed E-state index contributed by atoms with van der Waals surface area (Å²) >= 11 is 1.59. The van der Waals surface area contributed by atoms with Gasteiger partial charge in [0.05, 0.1) is 4.88 Å². The number of fused-ring (bicyclic) bond motifs is 1. The van der Waals surface area contributed by atoms with Gasteiger partial charge >= 0.3 is 0 Å². The molecule has 1 saturated heterocycles. The van der Waals surface area contributed by atoms with E-state index < -0.39 is 0 Å². The average molecular weight is 340 g/mol. The Morgan fingerprint density at radius 3 is 2.67 bits per heavy atom. The van der Waals surface area contributed by atoms with E-state index in [1.54, 1.807) is 17.4 Å². The third-order valence-electron chi connectivity index (χ3n) is 4.73. The number of likely N-dealkylation sites (tertiary alicyclic amines) is 1. The summed E-state index contributed by atoms with van der Waals surface area (Å²) in [6.45, 7) is 1.66. The number of rotatable bonds is 3. The first-order chi connectivity index (χ1) is 11.7. The van der Waals surface area contributed by atoms with Crippen LogP contribution in [0, 0.1) is 0 Å². The molecule has 24 heavy (non-hydrogen) atoms. The molecule has 5 heteroatoms. The summed E-state index contributed by atoms with van der Waals surface area (Å²) < 4.78 is 0. The summed E-state index contributed by atoms with van der Waals surface area (Å²) in [6.07, 6.45) is 5.52. The predicted molar refractivity (Wildman–Crippen MR) is 95.9 cm³/mol. The number of anilines is 1. The fourth-order valence-electron chi connectivity index (χ4n) is 3.47. The lowest BCUT2D eigenvalue weighted by atomic mass is 10.1. The summed E-state index contributed by atoms with van der Waals surface area (Å²) in [5.41, 5.74) is 2.64. The molecule has 4 nitrogen and oxygen atoms in total. The van der Waals surface area contributed by atoms with Gasteiger partial charge < -0.3 is 10.2 Å². The van der Waals surface area contributed by atoms with E-state index in [4.69, 9.17) is 0 Å². The Bertz CT molecular complexity index is 769. The number of nitrogens with one attached hydrogen (secondary N) is 1. The van der Waals surface area contributed by atoms with E-state index in [1.165, 1.54) is 16.9 Å². The minimum Gasteiger partial charge on any atom is -0.339 e. The van der Waals surface area contributed by atoms with Crippen LogP contribution in [0.4, 0.5) is 5.69 Å². The maximum absolute atomic E-state index is 12.5. The van der Waals surface area contributed by atoms with Crippen LogP contribution >= 0.6 is 11.3 Å². The zero-order valence-corrected chi connectivity index (χ0v) is 14.3. The number of carbonyl (C=O) groups excluding carboxylic acids is 2. The van der Waals surface area contributed by atoms with Gasteiger partial charge in [-0.2, -0.15) is 0 Å². The number of amides is 2. The van der Waals surface area contributed by atoms with Crippen LogP contribution in [0.2, 0.25) is 0 Å². The van der Waals surface area contributed by atoms with Crippen LogP contribution in [0.25, 0.3) is 0 Å². The van der Waals surface area contributed by atoms with Crippen LogP contribution < -0.4 is 5.32 Å². The Balaban J connectivity index is 1.48. The number of benzene rings is 1. The second-order valence-electron chi connectivity index (χ2n) is 6.45. The van der Waals surface area contributed by atoms with E-state index in [0.717, 1.165) is 43.6 Å². The first-order valence-electron chi connectivity index (χ1n) is 8.53. The van der Waals surface area contributed by atoms with Crippen LogP contribution in [0.15, 0.2) is 30.3 Å². The SMILES string of the molecule is O=C(Nc1cccc(C(=O)N2CCCC2)c1)c1cc2c(s1)CCC2. The standard InChI is InChI=1S/C19H20N2O2S/c22-18(17-12-13-5-4-8-16(13)24-17)20-15-7-3-6-14(11-15)19(23)21-9-1-2-10-21/h3,6-7,11-12H,1-2,4-5,8-10H2,(H,20,22). The van der Waals surface area contributed by atoms with Crippen molar-refractivity contribution in [3.63, 3.8) is 0 Å². The van der Waals surface area contributed by atoms with Crippen molar-refractivity contribution in [3.05, 3.63) is 51.2 Å². The predicted octanol–water partition coefficient (Wildman–Crippen LogP) is 3.73. The van der Waals surface area contributed by atoms with E-state index in [-0.39, 0.29) is 11.8 Å². The van der Waals surface area contributed by atoms with E-state index >= 15 is 0 Å². The summed E-state index contributed by atoms with van der Waals surface area (Å²) in [5.74, 6) is -0.0288. The Morgan fingerprint density at radius 1 is 1.04 bits per heavy atom. The molecule has 0 spiro atoms. The summed E-state index contributed by atoms with van der Waals surface area (Å²) in [4.78, 5) is 28.9. The molecule has 0 unspecified atom stereocenters. The third-order valence-corrected chi connectivity index (χ3v) is 5.97. The van der Waals surface area contributed by atoms with Gasteiger partial charge in [0.15, 0.2) is 0 Å². The monoisotopic (exact) mass is 340 g/mol. The zero-order chi connectivity index (χ0) is 16.5. The van der Waals surface area contributed by atoms with Gasteiger partial charge in [-0.15, -0.1) is 11.3 Å². The highest BCUT2D eigenvalue weighted by atomic mass is 32.1. The van der Waals surface area contributed by atoms with Crippen LogP contribution in [0.3, 0.4) is 0 Å². The molecule has 4 rings (SSSR count). The minimum atomic E-state index is -0.0832. The van der Waals surface area contributed by atoms with Crippen molar-refractivity contribution >= 4 is 28.8 Å². The molecule has 1 fully saturated rings. The summed E-state index contributed by atoms with van der Waals surface area (Å²) in [7, 11) is 0. The smallest absolute Gasteiger partial charge is 0.265 e. The molecule has 2 aromatic rings. The van der Waals surface area contributed by atoms with Crippen molar-refractivity contribution < 1.29 is 9.59 Å². The van der Waals surface area contributed by atoms with Crippen molar-refractivity contribution in [1.29, 1.82) is 0 Å². The van der Waals surface area contributed by atoms with Crippen LogP contribution in [0.1, 0.15) is 49.7 Å². The highest BCUT2D eigenvalue weighted by Crippen LogP contribution is 2.31. The zero-order valence-electron chi connectivity index (χ0n) is 13.5. The Labute approximate surface area is 145 Å². The van der Waals surface area contributed by atoms with Crippen LogP contribution in [0.5, 0.6) is 0 Å². The van der Waals surface area contributed by atoms with Gasteiger partial charge in [-0.25, -0.2) is 0 Å². The van der Waals surface area contributed by atoms with Gasteiger partial charge in [-0.05, 0) is 61.9 Å². The first kappa shape index (κ1) is 15.4. The quantitative estimate of drug-likeness (QED) is 0.926. The molecule has 1 aromatic carbocycles. The molecule has 124 valence electrons. The van der Waals surface area contributed by atoms with E-state index in [2.05, 4.69) is 5.32 Å². The maximum Gasteiger partial charge on any atom is 0.265 e. The lowest BCUT2D eigenvalue weighted by Gasteiger charge is -2.15. The third kappa shape index (κ3) is 2.96. The first-order valence-corrected chi connectivity index (χ1v) is 9.34. The number of thiophene rings is 1. The Kier molecular flexibility index (Phi) is 4.10. The van der Waals surface area contributed by atoms with Crippen molar-refractivity contribution in [1.82, 2.24) is 4.90 Å². The lowest BCUT2D eigenvalue weighted by molar-refractivity contribution is 0.0792. The number of aryl methyl sites for hydroxylation is 2. The van der Waals surface area contributed by atoms with Crippen molar-refractivity contribution in [3.8, 4) is 0 Å². The summed E-state index contributed by atoms with van der Waals surface area (Å²) in [6, 6.07) is 9.27. The number of hydrogen-bond donors (Lipinski definition) is 1. The van der Waals surface area contributed by atoms with Gasteiger partial charge in [0.1, 0.15) is 0 Å². The van der Waals surface area contributed by atoms with Gasteiger partial charge in [0, 0.05) is 29.2 Å². The second kappa shape index (κ2) is 6.40. The summed E-state index contributed by atoms with van der Waals surface area (Å²) in [5, 5.41) is 2.93. The van der Waals surface area contributed by atoms with E-state index in [0.29, 0.717) is 11.3 Å². The Hall–Kier alpha value is -2.14. The second-order valence-corrected chi connectivity index (χ2v) is 7.58. The number of nitrogens with zero attached hydrogens (tertiary/aromatic N) is 1. The fourth-order valence-corrected chi connectivity index (χ4v) is 4.62. The molecule has 1 aliphatic carbocycles. The molecule has 2 amide bonds. The molecule has 1 aromatic heterocycles. The highest BCUT2D eigenvalue weighted by molar-refractivity contribution is 7.14.